The highest BCUT2D eigenvalue weighted by Crippen LogP contribution is 2.08. The van der Waals surface area contributed by atoms with E-state index >= 15 is 0 Å². The maximum absolute atomic E-state index is 11.7. The van der Waals surface area contributed by atoms with E-state index in [-0.39, 0.29) is 5.91 Å². The molecule has 0 spiro atoms. The molecule has 0 aliphatic carbocycles. The largest absolute Gasteiger partial charge is 0.352 e. The molecule has 0 atom stereocenters. The summed E-state index contributed by atoms with van der Waals surface area (Å²) in [5, 5.41) is 13.6. The van der Waals surface area contributed by atoms with Crippen LogP contribution >= 0.6 is 0 Å². The van der Waals surface area contributed by atoms with Gasteiger partial charge in [0.25, 0.3) is 0 Å². The predicted molar refractivity (Wildman–Crippen MR) is 63.2 cm³/mol. The molecule has 17 heavy (non-hydrogen) atoms. The van der Waals surface area contributed by atoms with E-state index in [1.807, 2.05) is 13.1 Å². The Morgan fingerprint density at radius 3 is 3.00 bits per heavy atom. The minimum atomic E-state index is 0.0418. The maximum Gasteiger partial charge on any atom is 0.246 e. The molecular weight excluding hydrogens is 218 g/mol. The second kappa shape index (κ2) is 5.58. The number of nitrogens with one attached hydrogen (secondary N) is 2. The highest BCUT2D eigenvalue weighted by molar-refractivity contribution is 5.93. The zero-order valence-electron chi connectivity index (χ0n) is 9.94. The maximum atomic E-state index is 11.7. The summed E-state index contributed by atoms with van der Waals surface area (Å²) >= 11 is 0. The van der Waals surface area contributed by atoms with Gasteiger partial charge in [-0.25, -0.2) is 0 Å². The minimum Gasteiger partial charge on any atom is -0.352 e. The Balaban J connectivity index is 1.66. The van der Waals surface area contributed by atoms with Crippen LogP contribution in [0.4, 0.5) is 0 Å². The number of carbonyl (C=O) groups excluding carboxylic acids is 1. The molecule has 1 aromatic heterocycles. The molecule has 1 saturated heterocycles. The van der Waals surface area contributed by atoms with E-state index in [0.717, 1.165) is 31.6 Å². The van der Waals surface area contributed by atoms with Crippen molar-refractivity contribution in [3.8, 4) is 0 Å². The molecule has 1 amide bonds. The van der Waals surface area contributed by atoms with Crippen LogP contribution in [0.15, 0.2) is 23.5 Å². The van der Waals surface area contributed by atoms with Crippen LogP contribution in [0.3, 0.4) is 0 Å². The Morgan fingerprint density at radius 2 is 2.41 bits per heavy atom. The lowest BCUT2D eigenvalue weighted by atomic mass is 10.0. The quantitative estimate of drug-likeness (QED) is 0.543. The Morgan fingerprint density at radius 1 is 1.59 bits per heavy atom. The van der Waals surface area contributed by atoms with Gasteiger partial charge in [0.2, 0.25) is 5.91 Å². The second-order valence-corrected chi connectivity index (χ2v) is 4.11. The first-order chi connectivity index (χ1) is 8.27. The molecule has 0 saturated carbocycles. The number of rotatable bonds is 5. The molecule has 1 fully saturated rings. The van der Waals surface area contributed by atoms with Gasteiger partial charge in [-0.1, -0.05) is 5.21 Å². The van der Waals surface area contributed by atoms with Crippen LogP contribution in [0.5, 0.6) is 0 Å². The summed E-state index contributed by atoms with van der Waals surface area (Å²) in [5.41, 5.74) is 2.06. The highest BCUT2D eigenvalue weighted by Gasteiger charge is 2.15. The van der Waals surface area contributed by atoms with Crippen molar-refractivity contribution in [1.82, 2.24) is 25.6 Å². The molecule has 1 aliphatic heterocycles. The van der Waals surface area contributed by atoms with Crippen LogP contribution in [-0.4, -0.2) is 40.5 Å². The van der Waals surface area contributed by atoms with Gasteiger partial charge in [0, 0.05) is 37.9 Å². The van der Waals surface area contributed by atoms with Crippen molar-refractivity contribution in [2.24, 2.45) is 0 Å². The summed E-state index contributed by atoms with van der Waals surface area (Å²) in [4.78, 5) is 11.7. The predicted octanol–water partition coefficient (Wildman–Crippen LogP) is -0.296. The van der Waals surface area contributed by atoms with Gasteiger partial charge in [-0.3, -0.25) is 9.48 Å². The first kappa shape index (κ1) is 11.8. The fourth-order valence-electron chi connectivity index (χ4n) is 1.60. The number of aromatic nitrogens is 3. The van der Waals surface area contributed by atoms with Crippen molar-refractivity contribution < 1.29 is 4.79 Å². The zero-order chi connectivity index (χ0) is 12.1. The Hall–Kier alpha value is -1.69. The van der Waals surface area contributed by atoms with Gasteiger partial charge >= 0.3 is 0 Å². The van der Waals surface area contributed by atoms with E-state index in [9.17, 15) is 4.79 Å². The number of aryl methyl sites for hydroxylation is 1. The number of amides is 1. The van der Waals surface area contributed by atoms with Crippen LogP contribution in [0.25, 0.3) is 0 Å². The molecule has 2 heterocycles. The SMILES string of the molecule is CC(C(=O)NCCCn1ccnn1)=C1CNC1. The number of hydrogen-bond donors (Lipinski definition) is 2. The van der Waals surface area contributed by atoms with Gasteiger partial charge < -0.3 is 10.6 Å². The third-order valence-corrected chi connectivity index (χ3v) is 2.87. The first-order valence-corrected chi connectivity index (χ1v) is 5.79. The fraction of sp³-hybridized carbons (Fsp3) is 0.545. The van der Waals surface area contributed by atoms with Gasteiger partial charge in [-0.05, 0) is 18.9 Å². The smallest absolute Gasteiger partial charge is 0.246 e. The molecule has 1 aromatic rings. The normalized spacial score (nSPS) is 14.3. The second-order valence-electron chi connectivity index (χ2n) is 4.11. The van der Waals surface area contributed by atoms with E-state index in [1.165, 1.54) is 5.57 Å². The van der Waals surface area contributed by atoms with E-state index in [2.05, 4.69) is 20.9 Å². The summed E-state index contributed by atoms with van der Waals surface area (Å²) in [5.74, 6) is 0.0418. The van der Waals surface area contributed by atoms with Gasteiger partial charge in [-0.15, -0.1) is 5.10 Å². The first-order valence-electron chi connectivity index (χ1n) is 5.79. The third-order valence-electron chi connectivity index (χ3n) is 2.87. The van der Waals surface area contributed by atoms with Gasteiger partial charge in [0.15, 0.2) is 0 Å². The minimum absolute atomic E-state index is 0.0418. The molecule has 2 N–H and O–H groups in total. The van der Waals surface area contributed by atoms with Crippen LogP contribution in [-0.2, 0) is 11.3 Å². The average Bonchev–Trinajstić information content (AvgIpc) is 2.74. The molecule has 6 heteroatoms. The molecule has 0 bridgehead atoms. The van der Waals surface area contributed by atoms with E-state index in [0.29, 0.717) is 6.54 Å². The molecule has 0 unspecified atom stereocenters. The van der Waals surface area contributed by atoms with Crippen LogP contribution < -0.4 is 10.6 Å². The molecule has 6 nitrogen and oxygen atoms in total. The molecule has 1 aliphatic rings. The van der Waals surface area contributed by atoms with Crippen LogP contribution in [0.2, 0.25) is 0 Å². The third kappa shape index (κ3) is 3.13. The Kier molecular flexibility index (Phi) is 3.87. The Labute approximate surface area is 100 Å². The standard InChI is InChI=1S/C11H17N5O/c1-9(10-7-12-8-10)11(17)13-3-2-5-16-6-4-14-15-16/h4,6,12H,2-3,5,7-8H2,1H3,(H,13,17). The molecule has 2 rings (SSSR count). The monoisotopic (exact) mass is 235 g/mol. The summed E-state index contributed by atoms with van der Waals surface area (Å²) in [6.45, 7) is 5.01. The zero-order valence-corrected chi connectivity index (χ0v) is 9.94. The van der Waals surface area contributed by atoms with Gasteiger partial charge in [-0.2, -0.15) is 0 Å². The lowest BCUT2D eigenvalue weighted by Crippen LogP contribution is -2.37. The van der Waals surface area contributed by atoms with Gasteiger partial charge in [0.1, 0.15) is 0 Å². The molecule has 92 valence electrons. The summed E-state index contributed by atoms with van der Waals surface area (Å²) < 4.78 is 1.76. The lowest BCUT2D eigenvalue weighted by Gasteiger charge is -2.21. The van der Waals surface area contributed by atoms with Crippen molar-refractivity contribution in [3.63, 3.8) is 0 Å². The van der Waals surface area contributed by atoms with Crippen LogP contribution in [0.1, 0.15) is 13.3 Å². The Bertz CT molecular complexity index is 404. The topological polar surface area (TPSA) is 71.8 Å². The summed E-state index contributed by atoms with van der Waals surface area (Å²) in [6, 6.07) is 0. The van der Waals surface area contributed by atoms with Gasteiger partial charge in [0.05, 0.1) is 6.20 Å². The average molecular weight is 235 g/mol. The van der Waals surface area contributed by atoms with Crippen LogP contribution in [0, 0.1) is 0 Å². The van der Waals surface area contributed by atoms with Crippen molar-refractivity contribution >= 4 is 5.91 Å². The molecule has 0 aromatic carbocycles. The van der Waals surface area contributed by atoms with E-state index < -0.39 is 0 Å². The van der Waals surface area contributed by atoms with Crippen molar-refractivity contribution in [1.29, 1.82) is 0 Å². The summed E-state index contributed by atoms with van der Waals surface area (Å²) in [7, 11) is 0. The van der Waals surface area contributed by atoms with Crippen molar-refractivity contribution in [2.75, 3.05) is 19.6 Å². The number of carbonyl (C=O) groups is 1. The molecule has 0 radical (unpaired) electrons. The number of hydrogen-bond acceptors (Lipinski definition) is 4. The lowest BCUT2D eigenvalue weighted by molar-refractivity contribution is -0.117. The number of nitrogens with zero attached hydrogens (tertiary/aromatic N) is 3. The van der Waals surface area contributed by atoms with Crippen molar-refractivity contribution in [3.05, 3.63) is 23.5 Å². The van der Waals surface area contributed by atoms with Crippen molar-refractivity contribution in [2.45, 2.75) is 19.9 Å². The highest BCUT2D eigenvalue weighted by atomic mass is 16.1. The summed E-state index contributed by atoms with van der Waals surface area (Å²) in [6.07, 6.45) is 4.32. The fourth-order valence-corrected chi connectivity index (χ4v) is 1.60. The molecular formula is C11H17N5O. The van der Waals surface area contributed by atoms with E-state index in [1.54, 1.807) is 10.9 Å². The van der Waals surface area contributed by atoms with E-state index in [4.69, 9.17) is 0 Å².